The fourth-order valence-corrected chi connectivity index (χ4v) is 4.29. The lowest BCUT2D eigenvalue weighted by molar-refractivity contribution is -0.318. The third kappa shape index (κ3) is 6.42. The Morgan fingerprint density at radius 3 is 2.29 bits per heavy atom. The Labute approximate surface area is 233 Å². The number of methoxy groups -OCH3 is 2. The summed E-state index contributed by atoms with van der Waals surface area (Å²) >= 11 is 0. The summed E-state index contributed by atoms with van der Waals surface area (Å²) in [7, 11) is 2.62. The predicted octanol–water partition coefficient (Wildman–Crippen LogP) is -1.38. The Kier molecular flexibility index (Phi) is 9.41. The van der Waals surface area contributed by atoms with E-state index in [0.29, 0.717) is 0 Å². The minimum atomic E-state index is -2.13. The number of rotatable bonds is 10. The van der Waals surface area contributed by atoms with Gasteiger partial charge in [0.2, 0.25) is 6.29 Å². The van der Waals surface area contributed by atoms with Crippen LogP contribution in [0.1, 0.15) is 10.4 Å². The first-order chi connectivity index (χ1) is 19.5. The number of hydrogen-bond donors (Lipinski definition) is 7. The zero-order valence-corrected chi connectivity index (χ0v) is 22.0. The van der Waals surface area contributed by atoms with E-state index in [2.05, 4.69) is 0 Å². The molecule has 2 aromatic rings. The second kappa shape index (κ2) is 12.6. The largest absolute Gasteiger partial charge is 0.504 e. The molecule has 15 heteroatoms. The van der Waals surface area contributed by atoms with Gasteiger partial charge in [0, 0.05) is 6.07 Å². The smallest absolute Gasteiger partial charge is 0.338 e. The number of carbonyl (C=O) groups is 1. The number of aromatic hydroxyl groups is 2. The average Bonchev–Trinajstić information content (AvgIpc) is 3.25. The van der Waals surface area contributed by atoms with Gasteiger partial charge < -0.3 is 68.9 Å². The van der Waals surface area contributed by atoms with Crippen molar-refractivity contribution in [2.24, 2.45) is 0 Å². The molecule has 2 fully saturated rings. The van der Waals surface area contributed by atoms with Crippen LogP contribution < -0.4 is 14.2 Å². The third-order valence-electron chi connectivity index (χ3n) is 6.69. The Morgan fingerprint density at radius 2 is 1.63 bits per heavy atom. The van der Waals surface area contributed by atoms with Crippen molar-refractivity contribution in [2.75, 3.05) is 34.0 Å². The molecule has 15 nitrogen and oxygen atoms in total. The number of benzene rings is 2. The highest BCUT2D eigenvalue weighted by Gasteiger charge is 2.54. The molecule has 226 valence electrons. The van der Waals surface area contributed by atoms with E-state index in [1.165, 1.54) is 50.6 Å². The Hall–Kier alpha value is -3.41. The summed E-state index contributed by atoms with van der Waals surface area (Å²) in [5.41, 5.74) is -2.13. The van der Waals surface area contributed by atoms with E-state index in [4.69, 9.17) is 33.2 Å². The maximum absolute atomic E-state index is 12.5. The van der Waals surface area contributed by atoms with Crippen molar-refractivity contribution in [1.82, 2.24) is 0 Å². The zero-order valence-electron chi connectivity index (χ0n) is 22.0. The monoisotopic (exact) mass is 584 g/mol. The molecule has 2 heterocycles. The molecule has 0 aliphatic carbocycles. The summed E-state index contributed by atoms with van der Waals surface area (Å²) in [5, 5.41) is 72.0. The SMILES string of the molecule is COc1cc(OC2OC(CO)C(O)C(O)C2OC2OCC(O)(COC(=O)c3ccc(O)c(OC)c3)C2O)ccc1O. The lowest BCUT2D eigenvalue weighted by atomic mass is 9.98. The van der Waals surface area contributed by atoms with E-state index in [1.54, 1.807) is 0 Å². The lowest BCUT2D eigenvalue weighted by Gasteiger charge is -2.42. The van der Waals surface area contributed by atoms with Gasteiger partial charge in [0.1, 0.15) is 36.8 Å². The first-order valence-electron chi connectivity index (χ1n) is 12.4. The van der Waals surface area contributed by atoms with E-state index < -0.39 is 74.5 Å². The molecule has 41 heavy (non-hydrogen) atoms. The van der Waals surface area contributed by atoms with Gasteiger partial charge in [0.15, 0.2) is 41.0 Å². The minimum Gasteiger partial charge on any atom is -0.504 e. The lowest BCUT2D eigenvalue weighted by Crippen LogP contribution is -2.62. The van der Waals surface area contributed by atoms with Crippen molar-refractivity contribution in [3.63, 3.8) is 0 Å². The Morgan fingerprint density at radius 1 is 0.976 bits per heavy atom. The van der Waals surface area contributed by atoms with Gasteiger partial charge in [-0.05, 0) is 30.3 Å². The molecular formula is C26H32O15. The molecule has 4 rings (SSSR count). The normalized spacial score (nSPS) is 31.4. The number of phenolic OH excluding ortho intramolecular Hbond substituents is 2. The molecular weight excluding hydrogens is 552 g/mol. The van der Waals surface area contributed by atoms with Crippen LogP contribution in [0.3, 0.4) is 0 Å². The summed E-state index contributed by atoms with van der Waals surface area (Å²) in [6.07, 6.45) is -11.0. The quantitative estimate of drug-likeness (QED) is 0.160. The highest BCUT2D eigenvalue weighted by molar-refractivity contribution is 5.90. The van der Waals surface area contributed by atoms with Gasteiger partial charge in [-0.3, -0.25) is 0 Å². The van der Waals surface area contributed by atoms with E-state index in [0.717, 1.165) is 0 Å². The van der Waals surface area contributed by atoms with Crippen molar-refractivity contribution in [3.8, 4) is 28.7 Å². The van der Waals surface area contributed by atoms with Crippen LogP contribution in [0.25, 0.3) is 0 Å². The van der Waals surface area contributed by atoms with Gasteiger partial charge >= 0.3 is 5.97 Å². The molecule has 0 bridgehead atoms. The van der Waals surface area contributed by atoms with Gasteiger partial charge in [-0.15, -0.1) is 0 Å². The number of esters is 1. The summed E-state index contributed by atoms with van der Waals surface area (Å²) < 4.78 is 37.6. The van der Waals surface area contributed by atoms with Gasteiger partial charge in [0.25, 0.3) is 0 Å². The fourth-order valence-electron chi connectivity index (χ4n) is 4.29. The molecule has 7 N–H and O–H groups in total. The topological polar surface area (TPSA) is 223 Å². The molecule has 2 saturated heterocycles. The van der Waals surface area contributed by atoms with Crippen LogP contribution in [0, 0.1) is 0 Å². The summed E-state index contributed by atoms with van der Waals surface area (Å²) in [4.78, 5) is 12.5. The van der Waals surface area contributed by atoms with Crippen molar-refractivity contribution < 1.29 is 73.7 Å². The molecule has 0 amide bonds. The number of carbonyl (C=O) groups excluding carboxylic acids is 1. The molecule has 0 aromatic heterocycles. The van der Waals surface area contributed by atoms with Gasteiger partial charge in [-0.2, -0.15) is 0 Å². The Balaban J connectivity index is 1.45. The van der Waals surface area contributed by atoms with Gasteiger partial charge in [0.05, 0.1) is 33.0 Å². The van der Waals surface area contributed by atoms with Crippen LogP contribution in [-0.2, 0) is 18.9 Å². The third-order valence-corrected chi connectivity index (χ3v) is 6.69. The standard InChI is InChI=1S/C26H32O15/c1-35-16-7-12(3-5-14(16)28)23(33)37-10-26(34)11-38-25(22(26)32)41-21-20(31)19(30)18(9-27)40-24(21)39-13-4-6-15(29)17(8-13)36-2/h3-8,18-22,24-25,27-32,34H,9-11H2,1-2H3. The number of aliphatic hydroxyl groups excluding tert-OH is 4. The zero-order chi connectivity index (χ0) is 29.9. The predicted molar refractivity (Wildman–Crippen MR) is 134 cm³/mol. The van der Waals surface area contributed by atoms with Crippen LogP contribution in [0.15, 0.2) is 36.4 Å². The van der Waals surface area contributed by atoms with Crippen LogP contribution >= 0.6 is 0 Å². The maximum Gasteiger partial charge on any atom is 0.338 e. The first-order valence-corrected chi connectivity index (χ1v) is 12.4. The maximum atomic E-state index is 12.5. The van der Waals surface area contributed by atoms with Crippen LogP contribution in [0.4, 0.5) is 0 Å². The number of ether oxygens (including phenoxy) is 7. The number of hydrogen-bond acceptors (Lipinski definition) is 15. The molecule has 2 aromatic carbocycles. The summed E-state index contributed by atoms with van der Waals surface area (Å²) in [6.45, 7) is -1.94. The molecule has 0 spiro atoms. The molecule has 8 unspecified atom stereocenters. The van der Waals surface area contributed by atoms with E-state index in [-0.39, 0.29) is 34.3 Å². The van der Waals surface area contributed by atoms with Gasteiger partial charge in [-0.25, -0.2) is 4.79 Å². The molecule has 2 aliphatic rings. The fraction of sp³-hybridized carbons (Fsp3) is 0.500. The van der Waals surface area contributed by atoms with Crippen molar-refractivity contribution in [2.45, 2.75) is 48.7 Å². The number of phenols is 2. The van der Waals surface area contributed by atoms with Crippen LogP contribution in [0.2, 0.25) is 0 Å². The van der Waals surface area contributed by atoms with Crippen molar-refractivity contribution >= 4 is 5.97 Å². The second-order valence-corrected chi connectivity index (χ2v) is 9.45. The average molecular weight is 585 g/mol. The summed E-state index contributed by atoms with van der Waals surface area (Å²) in [5.74, 6) is -1.07. The van der Waals surface area contributed by atoms with E-state index in [1.807, 2.05) is 0 Å². The van der Waals surface area contributed by atoms with Crippen LogP contribution in [0.5, 0.6) is 28.7 Å². The Bertz CT molecular complexity index is 1210. The second-order valence-electron chi connectivity index (χ2n) is 9.45. The van der Waals surface area contributed by atoms with E-state index >= 15 is 0 Å². The van der Waals surface area contributed by atoms with Crippen molar-refractivity contribution in [1.29, 1.82) is 0 Å². The summed E-state index contributed by atoms with van der Waals surface area (Å²) in [6, 6.07) is 7.69. The minimum absolute atomic E-state index is 0.00482. The molecule has 8 atom stereocenters. The van der Waals surface area contributed by atoms with Crippen LogP contribution in [-0.4, -0.2) is 124 Å². The number of aliphatic hydroxyl groups is 5. The molecule has 0 radical (unpaired) electrons. The molecule has 0 saturated carbocycles. The molecule has 2 aliphatic heterocycles. The van der Waals surface area contributed by atoms with Gasteiger partial charge in [-0.1, -0.05) is 0 Å². The van der Waals surface area contributed by atoms with E-state index in [9.17, 15) is 40.5 Å². The highest BCUT2D eigenvalue weighted by atomic mass is 16.8. The highest BCUT2D eigenvalue weighted by Crippen LogP contribution is 2.35. The first kappa shape index (κ1) is 30.5. The van der Waals surface area contributed by atoms with Crippen molar-refractivity contribution in [3.05, 3.63) is 42.0 Å².